The Hall–Kier alpha value is -2.85. The van der Waals surface area contributed by atoms with Crippen LogP contribution in [-0.2, 0) is 0 Å². The van der Waals surface area contributed by atoms with Crippen LogP contribution < -0.4 is 9.64 Å². The molecule has 1 aliphatic rings. The first kappa shape index (κ1) is 14.7. The Morgan fingerprint density at radius 2 is 1.79 bits per heavy atom. The van der Waals surface area contributed by atoms with E-state index in [0.29, 0.717) is 17.9 Å². The summed E-state index contributed by atoms with van der Waals surface area (Å²) in [4.78, 5) is 15.8. The quantitative estimate of drug-likeness (QED) is 0.672. The van der Waals surface area contributed by atoms with Crippen LogP contribution in [0.5, 0.6) is 5.75 Å². The zero-order valence-electron chi connectivity index (χ0n) is 12.9. The highest BCUT2D eigenvalue weighted by atomic mass is 32.1. The first-order valence-electron chi connectivity index (χ1n) is 7.69. The highest BCUT2D eigenvalue weighted by Gasteiger charge is 2.27. The largest absolute Gasteiger partial charge is 0.458 e. The first-order chi connectivity index (χ1) is 11.8. The number of carbonyl (C=O) groups excluding carboxylic acids is 1. The van der Waals surface area contributed by atoms with Crippen molar-refractivity contribution in [2.24, 2.45) is 0 Å². The van der Waals surface area contributed by atoms with Gasteiger partial charge in [-0.15, -0.1) is 11.3 Å². The molecule has 4 rings (SSSR count). The average molecular weight is 333 g/mol. The minimum Gasteiger partial charge on any atom is -0.458 e. The van der Waals surface area contributed by atoms with Crippen LogP contribution in [0.15, 0.2) is 77.9 Å². The topological polar surface area (TPSA) is 29.5 Å². The van der Waals surface area contributed by atoms with Crippen molar-refractivity contribution >= 4 is 29.0 Å². The summed E-state index contributed by atoms with van der Waals surface area (Å²) in [6.45, 7) is 0.419. The van der Waals surface area contributed by atoms with E-state index in [1.165, 1.54) is 0 Å². The van der Waals surface area contributed by atoms with Crippen molar-refractivity contribution in [1.29, 1.82) is 0 Å². The number of fused-ring (bicyclic) bond motifs is 1. The molecule has 1 aromatic heterocycles. The molecule has 0 radical (unpaired) electrons. The highest BCUT2D eigenvalue weighted by Crippen LogP contribution is 2.35. The van der Waals surface area contributed by atoms with Gasteiger partial charge in [0.25, 0.3) is 5.91 Å². The zero-order chi connectivity index (χ0) is 16.4. The second-order valence-corrected chi connectivity index (χ2v) is 6.43. The van der Waals surface area contributed by atoms with Crippen LogP contribution in [0.4, 0.5) is 5.69 Å². The Kier molecular flexibility index (Phi) is 3.89. The van der Waals surface area contributed by atoms with Gasteiger partial charge in [-0.05, 0) is 41.8 Å². The number of thiophene rings is 1. The number of amides is 1. The van der Waals surface area contributed by atoms with E-state index in [2.05, 4.69) is 0 Å². The Morgan fingerprint density at radius 3 is 2.58 bits per heavy atom. The molecule has 0 spiro atoms. The summed E-state index contributed by atoms with van der Waals surface area (Å²) in [5.41, 5.74) is 1.47. The van der Waals surface area contributed by atoms with E-state index in [9.17, 15) is 4.79 Å². The summed E-state index contributed by atoms with van der Waals surface area (Å²) >= 11 is 1.64. The molecular weight excluding hydrogens is 318 g/mol. The van der Waals surface area contributed by atoms with Gasteiger partial charge >= 0.3 is 0 Å². The third-order valence-electron chi connectivity index (χ3n) is 3.82. The summed E-state index contributed by atoms with van der Waals surface area (Å²) in [5, 5.41) is 2.02. The van der Waals surface area contributed by atoms with E-state index in [0.717, 1.165) is 16.3 Å². The molecule has 0 fully saturated rings. The van der Waals surface area contributed by atoms with E-state index >= 15 is 0 Å². The lowest BCUT2D eigenvalue weighted by molar-refractivity contribution is 0.0983. The second-order valence-electron chi connectivity index (χ2n) is 5.45. The van der Waals surface area contributed by atoms with Gasteiger partial charge < -0.3 is 4.74 Å². The van der Waals surface area contributed by atoms with Gasteiger partial charge in [0.1, 0.15) is 5.76 Å². The Morgan fingerprint density at radius 1 is 1.00 bits per heavy atom. The van der Waals surface area contributed by atoms with Crippen LogP contribution in [0.3, 0.4) is 0 Å². The SMILES string of the molecule is O=C(c1ccccc1)N1C/C(=C\c2cccs2)Oc2ccccc21. The molecule has 3 aromatic rings. The number of carbonyl (C=O) groups is 1. The number of para-hydroxylation sites is 2. The standard InChI is InChI=1S/C20H15NO2S/c22-20(15-7-2-1-3-8-15)21-14-16(13-17-9-6-12-24-17)23-19-11-5-4-10-18(19)21/h1-13H,14H2/b16-13+. The number of nitrogens with zero attached hydrogens (tertiary/aromatic N) is 1. The van der Waals surface area contributed by atoms with Crippen LogP contribution in [0, 0.1) is 0 Å². The summed E-state index contributed by atoms with van der Waals surface area (Å²) in [5.74, 6) is 1.44. The number of anilines is 1. The molecule has 1 amide bonds. The molecule has 24 heavy (non-hydrogen) atoms. The minimum absolute atomic E-state index is 0.0246. The van der Waals surface area contributed by atoms with Gasteiger partial charge in [0.05, 0.1) is 12.2 Å². The summed E-state index contributed by atoms with van der Waals surface area (Å²) in [6, 6.07) is 21.0. The molecule has 0 saturated carbocycles. The molecular formula is C20H15NO2S. The molecule has 0 bridgehead atoms. The van der Waals surface area contributed by atoms with Crippen molar-refractivity contribution < 1.29 is 9.53 Å². The molecule has 118 valence electrons. The average Bonchev–Trinajstić information content (AvgIpc) is 3.14. The molecule has 0 unspecified atom stereocenters. The Bertz CT molecular complexity index is 885. The first-order valence-corrected chi connectivity index (χ1v) is 8.57. The van der Waals surface area contributed by atoms with E-state index in [-0.39, 0.29) is 5.91 Å². The fourth-order valence-corrected chi connectivity index (χ4v) is 3.38. The lowest BCUT2D eigenvalue weighted by atomic mass is 10.1. The lowest BCUT2D eigenvalue weighted by Gasteiger charge is -2.31. The minimum atomic E-state index is -0.0246. The zero-order valence-corrected chi connectivity index (χ0v) is 13.7. The summed E-state index contributed by atoms with van der Waals surface area (Å²) < 4.78 is 6.00. The number of hydrogen-bond donors (Lipinski definition) is 0. The smallest absolute Gasteiger partial charge is 0.258 e. The van der Waals surface area contributed by atoms with Gasteiger partial charge in [-0.3, -0.25) is 9.69 Å². The monoisotopic (exact) mass is 333 g/mol. The van der Waals surface area contributed by atoms with Gasteiger partial charge in [0, 0.05) is 10.4 Å². The second kappa shape index (κ2) is 6.34. The number of ether oxygens (including phenoxy) is 1. The van der Waals surface area contributed by atoms with E-state index in [1.54, 1.807) is 16.2 Å². The Balaban J connectivity index is 1.73. The molecule has 3 nitrogen and oxygen atoms in total. The van der Waals surface area contributed by atoms with Crippen molar-refractivity contribution in [2.75, 3.05) is 11.4 Å². The maximum Gasteiger partial charge on any atom is 0.258 e. The molecule has 2 heterocycles. The van der Waals surface area contributed by atoms with Crippen LogP contribution in [0.25, 0.3) is 6.08 Å². The van der Waals surface area contributed by atoms with Gasteiger partial charge in [-0.25, -0.2) is 0 Å². The molecule has 4 heteroatoms. The number of hydrogen-bond acceptors (Lipinski definition) is 3. The molecule has 0 N–H and O–H groups in total. The van der Waals surface area contributed by atoms with Crippen molar-refractivity contribution in [3.05, 3.63) is 88.3 Å². The lowest BCUT2D eigenvalue weighted by Crippen LogP contribution is -2.36. The van der Waals surface area contributed by atoms with E-state index < -0.39 is 0 Å². The molecule has 0 saturated heterocycles. The normalized spacial score (nSPS) is 15.0. The summed E-state index contributed by atoms with van der Waals surface area (Å²) in [6.07, 6.45) is 1.99. The van der Waals surface area contributed by atoms with Crippen molar-refractivity contribution in [1.82, 2.24) is 0 Å². The molecule has 0 atom stereocenters. The van der Waals surface area contributed by atoms with E-state index in [4.69, 9.17) is 4.74 Å². The van der Waals surface area contributed by atoms with E-state index in [1.807, 2.05) is 78.2 Å². The summed E-state index contributed by atoms with van der Waals surface area (Å²) in [7, 11) is 0. The van der Waals surface area contributed by atoms with Crippen LogP contribution in [0.2, 0.25) is 0 Å². The van der Waals surface area contributed by atoms with Crippen molar-refractivity contribution in [2.45, 2.75) is 0 Å². The van der Waals surface area contributed by atoms with Gasteiger partial charge in [0.15, 0.2) is 5.75 Å². The third-order valence-corrected chi connectivity index (χ3v) is 4.64. The van der Waals surface area contributed by atoms with Crippen LogP contribution in [-0.4, -0.2) is 12.5 Å². The van der Waals surface area contributed by atoms with Crippen molar-refractivity contribution in [3.8, 4) is 5.75 Å². The maximum atomic E-state index is 13.0. The predicted octanol–water partition coefficient (Wildman–Crippen LogP) is 4.83. The van der Waals surface area contributed by atoms with Crippen molar-refractivity contribution in [3.63, 3.8) is 0 Å². The van der Waals surface area contributed by atoms with Crippen LogP contribution in [0.1, 0.15) is 15.2 Å². The fourth-order valence-electron chi connectivity index (χ4n) is 2.71. The number of benzene rings is 2. The van der Waals surface area contributed by atoms with Gasteiger partial charge in [-0.2, -0.15) is 0 Å². The fraction of sp³-hybridized carbons (Fsp3) is 0.0500. The molecule has 1 aliphatic heterocycles. The van der Waals surface area contributed by atoms with Gasteiger partial charge in [0.2, 0.25) is 0 Å². The molecule has 2 aromatic carbocycles. The highest BCUT2D eigenvalue weighted by molar-refractivity contribution is 7.10. The maximum absolute atomic E-state index is 13.0. The number of rotatable bonds is 2. The predicted molar refractivity (Wildman–Crippen MR) is 97.5 cm³/mol. The molecule has 0 aliphatic carbocycles. The third kappa shape index (κ3) is 2.84. The van der Waals surface area contributed by atoms with Gasteiger partial charge in [-0.1, -0.05) is 36.4 Å². The van der Waals surface area contributed by atoms with Crippen LogP contribution >= 0.6 is 11.3 Å². The Labute approximate surface area is 144 Å².